The molecule has 0 saturated carbocycles. The summed E-state index contributed by atoms with van der Waals surface area (Å²) in [4.78, 5) is 17.0. The monoisotopic (exact) mass is 443 g/mol. The van der Waals surface area contributed by atoms with Crippen LogP contribution in [0.4, 0.5) is 0 Å². The molecule has 6 nitrogen and oxygen atoms in total. The fraction of sp³-hybridized carbons (Fsp3) is 0.273. The van der Waals surface area contributed by atoms with Gasteiger partial charge in [0, 0.05) is 35.9 Å². The topological polar surface area (TPSA) is 79.4 Å². The van der Waals surface area contributed by atoms with Crippen molar-refractivity contribution in [1.82, 2.24) is 14.6 Å². The first-order valence-electron chi connectivity index (χ1n) is 9.83. The molecule has 2 aromatic carbocycles. The largest absolute Gasteiger partial charge is 0.355 e. The Morgan fingerprint density at radius 3 is 2.67 bits per heavy atom. The van der Waals surface area contributed by atoms with Crippen LogP contribution in [0.15, 0.2) is 65.8 Å². The van der Waals surface area contributed by atoms with Gasteiger partial charge in [0.1, 0.15) is 6.04 Å². The lowest BCUT2D eigenvalue weighted by Gasteiger charge is -2.29. The van der Waals surface area contributed by atoms with Gasteiger partial charge in [-0.2, -0.15) is 4.31 Å². The molecule has 4 rings (SSSR count). The maximum Gasteiger partial charge on any atom is 0.244 e. The van der Waals surface area contributed by atoms with Crippen LogP contribution in [0.2, 0.25) is 5.02 Å². The van der Waals surface area contributed by atoms with Gasteiger partial charge in [-0.15, -0.1) is 0 Å². The number of aromatic nitrogens is 1. The van der Waals surface area contributed by atoms with E-state index < -0.39 is 16.1 Å². The number of nitrogens with one attached hydrogen (secondary N) is 1. The zero-order chi connectivity index (χ0) is 21.1. The molecular formula is C22H22ClN3O3S. The Hall–Kier alpha value is -2.48. The summed E-state index contributed by atoms with van der Waals surface area (Å²) in [5.41, 5.74) is 0.809. The molecule has 1 fully saturated rings. The van der Waals surface area contributed by atoms with Crippen LogP contribution in [-0.2, 0) is 21.4 Å². The molecule has 3 aromatic rings. The van der Waals surface area contributed by atoms with Crippen LogP contribution in [0.3, 0.4) is 0 Å². The van der Waals surface area contributed by atoms with Crippen molar-refractivity contribution in [2.24, 2.45) is 0 Å². The zero-order valence-electron chi connectivity index (χ0n) is 16.3. The van der Waals surface area contributed by atoms with Gasteiger partial charge in [0.15, 0.2) is 0 Å². The maximum atomic E-state index is 13.6. The van der Waals surface area contributed by atoms with E-state index in [1.165, 1.54) is 16.4 Å². The van der Waals surface area contributed by atoms with E-state index in [-0.39, 0.29) is 17.3 Å². The van der Waals surface area contributed by atoms with Gasteiger partial charge >= 0.3 is 0 Å². The van der Waals surface area contributed by atoms with Crippen LogP contribution >= 0.6 is 11.6 Å². The minimum atomic E-state index is -3.92. The van der Waals surface area contributed by atoms with Gasteiger partial charge in [-0.3, -0.25) is 9.78 Å². The Morgan fingerprint density at radius 2 is 1.87 bits per heavy atom. The van der Waals surface area contributed by atoms with Gasteiger partial charge in [0.25, 0.3) is 0 Å². The highest BCUT2D eigenvalue weighted by Crippen LogP contribution is 2.27. The van der Waals surface area contributed by atoms with Crippen LogP contribution < -0.4 is 5.32 Å². The minimum absolute atomic E-state index is 0.0985. The van der Waals surface area contributed by atoms with Gasteiger partial charge in [-0.25, -0.2) is 8.42 Å². The highest BCUT2D eigenvalue weighted by atomic mass is 35.5. The number of fused-ring (bicyclic) bond motifs is 1. The molecular weight excluding hydrogens is 422 g/mol. The van der Waals surface area contributed by atoms with Crippen LogP contribution in [0.1, 0.15) is 24.8 Å². The number of sulfonamides is 1. The van der Waals surface area contributed by atoms with E-state index in [0.717, 1.165) is 29.2 Å². The van der Waals surface area contributed by atoms with E-state index in [4.69, 9.17) is 11.6 Å². The number of amides is 1. The van der Waals surface area contributed by atoms with E-state index in [1.54, 1.807) is 24.5 Å². The summed E-state index contributed by atoms with van der Waals surface area (Å²) in [6, 6.07) is 12.9. The summed E-state index contributed by atoms with van der Waals surface area (Å²) in [5.74, 6) is -0.255. The standard InChI is InChI=1S/C22H22ClN3O3S/c23-19-6-8-20(9-7-19)30(28,29)26(21-3-1-2-11-25-22(21)27)15-16-4-5-18-14-24-12-10-17(18)13-16/h4-10,12-14,21H,1-3,11,15H2,(H,25,27)/t21-/m1/s1. The van der Waals surface area contributed by atoms with Crippen LogP contribution in [0.5, 0.6) is 0 Å². The molecule has 1 atom stereocenters. The van der Waals surface area contributed by atoms with Gasteiger partial charge < -0.3 is 5.32 Å². The fourth-order valence-corrected chi connectivity index (χ4v) is 5.45. The quantitative estimate of drug-likeness (QED) is 0.651. The second kappa shape index (κ2) is 8.71. The lowest BCUT2D eigenvalue weighted by molar-refractivity contribution is -0.124. The highest BCUT2D eigenvalue weighted by Gasteiger charge is 2.36. The number of halogens is 1. The molecule has 0 spiro atoms. The number of hydrogen-bond acceptors (Lipinski definition) is 4. The molecule has 1 saturated heterocycles. The average molecular weight is 444 g/mol. The summed E-state index contributed by atoms with van der Waals surface area (Å²) in [6.07, 6.45) is 5.56. The summed E-state index contributed by atoms with van der Waals surface area (Å²) in [5, 5.41) is 5.25. The molecule has 1 aromatic heterocycles. The number of rotatable bonds is 5. The molecule has 1 aliphatic rings. The third-order valence-electron chi connectivity index (χ3n) is 5.32. The molecule has 8 heteroatoms. The van der Waals surface area contributed by atoms with Crippen molar-refractivity contribution < 1.29 is 13.2 Å². The lowest BCUT2D eigenvalue weighted by atomic mass is 10.1. The molecule has 1 N–H and O–H groups in total. The van der Waals surface area contributed by atoms with E-state index in [9.17, 15) is 13.2 Å². The van der Waals surface area contributed by atoms with Gasteiger partial charge in [0.05, 0.1) is 4.90 Å². The fourth-order valence-electron chi connectivity index (χ4n) is 3.71. The average Bonchev–Trinajstić information content (AvgIpc) is 2.96. The summed E-state index contributed by atoms with van der Waals surface area (Å²) in [7, 11) is -3.92. The van der Waals surface area contributed by atoms with Crippen LogP contribution in [-0.4, -0.2) is 36.2 Å². The Balaban J connectivity index is 1.75. The second-order valence-electron chi connectivity index (χ2n) is 7.36. The maximum absolute atomic E-state index is 13.6. The summed E-state index contributed by atoms with van der Waals surface area (Å²) in [6.45, 7) is 0.661. The number of pyridine rings is 1. The first-order valence-corrected chi connectivity index (χ1v) is 11.6. The highest BCUT2D eigenvalue weighted by molar-refractivity contribution is 7.89. The number of nitrogens with zero attached hydrogens (tertiary/aromatic N) is 2. The molecule has 0 bridgehead atoms. The summed E-state index contributed by atoms with van der Waals surface area (Å²) < 4.78 is 28.4. The van der Waals surface area contributed by atoms with Crippen molar-refractivity contribution in [2.45, 2.75) is 36.7 Å². The Kier molecular flexibility index (Phi) is 6.04. The summed E-state index contributed by atoms with van der Waals surface area (Å²) >= 11 is 5.94. The van der Waals surface area contributed by atoms with Crippen molar-refractivity contribution in [1.29, 1.82) is 0 Å². The van der Waals surface area contributed by atoms with Gasteiger partial charge in [-0.1, -0.05) is 23.7 Å². The molecule has 0 radical (unpaired) electrons. The second-order valence-corrected chi connectivity index (χ2v) is 9.69. The minimum Gasteiger partial charge on any atom is -0.355 e. The molecule has 2 heterocycles. The molecule has 0 aliphatic carbocycles. The van der Waals surface area contributed by atoms with Crippen LogP contribution in [0.25, 0.3) is 10.8 Å². The predicted octanol–water partition coefficient (Wildman–Crippen LogP) is 3.75. The number of carbonyl (C=O) groups is 1. The van der Waals surface area contributed by atoms with Crippen molar-refractivity contribution in [3.8, 4) is 0 Å². The Bertz CT molecular complexity index is 1170. The molecule has 1 amide bonds. The van der Waals surface area contributed by atoms with E-state index in [2.05, 4.69) is 10.3 Å². The molecule has 156 valence electrons. The van der Waals surface area contributed by atoms with Crippen molar-refractivity contribution in [3.05, 3.63) is 71.5 Å². The SMILES string of the molecule is O=C1NCCCC[C@H]1N(Cc1ccc2cnccc2c1)S(=O)(=O)c1ccc(Cl)cc1. The third-order valence-corrected chi connectivity index (χ3v) is 7.44. The number of benzene rings is 2. The third kappa shape index (κ3) is 4.33. The molecule has 0 unspecified atom stereocenters. The van der Waals surface area contributed by atoms with Gasteiger partial charge in [0.2, 0.25) is 15.9 Å². The number of hydrogen-bond donors (Lipinski definition) is 1. The van der Waals surface area contributed by atoms with Crippen LogP contribution in [0, 0.1) is 0 Å². The van der Waals surface area contributed by atoms with Crippen molar-refractivity contribution >= 4 is 38.3 Å². The zero-order valence-corrected chi connectivity index (χ0v) is 17.9. The van der Waals surface area contributed by atoms with E-state index in [0.29, 0.717) is 18.0 Å². The molecule has 1 aliphatic heterocycles. The van der Waals surface area contributed by atoms with E-state index in [1.807, 2.05) is 24.3 Å². The first-order chi connectivity index (χ1) is 14.4. The number of carbonyl (C=O) groups excluding carboxylic acids is 1. The lowest BCUT2D eigenvalue weighted by Crippen LogP contribution is -2.48. The van der Waals surface area contributed by atoms with Crippen molar-refractivity contribution in [2.75, 3.05) is 6.54 Å². The Morgan fingerprint density at radius 1 is 1.07 bits per heavy atom. The Labute approximate surface area is 180 Å². The molecule has 30 heavy (non-hydrogen) atoms. The smallest absolute Gasteiger partial charge is 0.244 e. The van der Waals surface area contributed by atoms with Gasteiger partial charge in [-0.05, 0) is 66.6 Å². The first kappa shape index (κ1) is 20.8. The predicted molar refractivity (Wildman–Crippen MR) is 117 cm³/mol. The van der Waals surface area contributed by atoms with Crippen molar-refractivity contribution in [3.63, 3.8) is 0 Å². The normalized spacial score (nSPS) is 17.7. The van der Waals surface area contributed by atoms with E-state index >= 15 is 0 Å².